The van der Waals surface area contributed by atoms with Crippen molar-refractivity contribution in [1.29, 1.82) is 0 Å². The van der Waals surface area contributed by atoms with Gasteiger partial charge in [0.15, 0.2) is 5.82 Å². The summed E-state index contributed by atoms with van der Waals surface area (Å²) >= 11 is 0. The fraction of sp³-hybridized carbons (Fsp3) is 0.286. The van der Waals surface area contributed by atoms with Crippen molar-refractivity contribution in [2.45, 2.75) is 13.1 Å². The molecule has 0 unspecified atom stereocenters. The number of aromatic nitrogens is 2. The van der Waals surface area contributed by atoms with E-state index in [1.54, 1.807) is 0 Å². The van der Waals surface area contributed by atoms with E-state index in [1.165, 1.54) is 13.1 Å². The summed E-state index contributed by atoms with van der Waals surface area (Å²) in [6.45, 7) is 1.39. The molecule has 2 N–H and O–H groups in total. The fourth-order valence-electron chi connectivity index (χ4n) is 0.870. The number of anilines is 1. The minimum Gasteiger partial charge on any atom is -0.262 e. The molecule has 1 amide bonds. The van der Waals surface area contributed by atoms with E-state index in [-0.39, 0.29) is 16.5 Å². The van der Waals surface area contributed by atoms with Crippen molar-refractivity contribution in [1.82, 2.24) is 9.97 Å². The maximum absolute atomic E-state index is 12.0. The highest BCUT2D eigenvalue weighted by Crippen LogP contribution is 2.20. The van der Waals surface area contributed by atoms with Crippen molar-refractivity contribution < 1.29 is 18.0 Å². The molecule has 8 heteroatoms. The number of amides is 1. The normalized spacial score (nSPS) is 11.3. The Morgan fingerprint density at radius 2 is 1.93 bits per heavy atom. The molecule has 0 saturated heterocycles. The van der Waals surface area contributed by atoms with E-state index in [0.717, 1.165) is 6.20 Å². The largest absolute Gasteiger partial charge is 0.473 e. The summed E-state index contributed by atoms with van der Waals surface area (Å²) in [5, 5.41) is -0.0671. The lowest BCUT2D eigenvalue weighted by atomic mass is 10.4. The molecule has 1 aromatic rings. The third-order valence-corrected chi connectivity index (χ3v) is 1.54. The van der Waals surface area contributed by atoms with Gasteiger partial charge in [-0.25, -0.2) is 15.8 Å². The highest BCUT2D eigenvalue weighted by Gasteiger charge is 2.43. The van der Waals surface area contributed by atoms with Crippen LogP contribution in [0.5, 0.6) is 0 Å². The summed E-state index contributed by atoms with van der Waals surface area (Å²) in [5.74, 6) is 2.48. The van der Waals surface area contributed by atoms with Gasteiger partial charge >= 0.3 is 12.1 Å². The second-order valence-corrected chi connectivity index (χ2v) is 2.64. The van der Waals surface area contributed by atoms with E-state index in [0.29, 0.717) is 0 Å². The molecule has 82 valence electrons. The Bertz CT molecular complexity index is 379. The first kappa shape index (κ1) is 11.4. The van der Waals surface area contributed by atoms with Gasteiger partial charge < -0.3 is 0 Å². The minimum atomic E-state index is -5.03. The van der Waals surface area contributed by atoms with Gasteiger partial charge in [-0.3, -0.25) is 9.78 Å². The standard InChI is InChI=1S/C7H7F3N4O/c1-4-5(13-3-2-12-4)14(11)6(15)7(8,9)10/h2-3H,11H2,1H3. The zero-order valence-electron chi connectivity index (χ0n) is 7.62. The molecule has 0 aliphatic carbocycles. The van der Waals surface area contributed by atoms with Gasteiger partial charge in [0.05, 0.1) is 5.69 Å². The molecule has 0 bridgehead atoms. The van der Waals surface area contributed by atoms with Crippen molar-refractivity contribution in [2.75, 3.05) is 5.01 Å². The highest BCUT2D eigenvalue weighted by atomic mass is 19.4. The summed E-state index contributed by atoms with van der Waals surface area (Å²) < 4.78 is 36.0. The zero-order chi connectivity index (χ0) is 11.6. The van der Waals surface area contributed by atoms with Crippen LogP contribution in [0.4, 0.5) is 19.0 Å². The zero-order valence-corrected chi connectivity index (χ0v) is 7.62. The SMILES string of the molecule is Cc1nccnc1N(N)C(=O)C(F)(F)F. The number of halogens is 3. The van der Waals surface area contributed by atoms with Crippen LogP contribution in [-0.4, -0.2) is 22.1 Å². The molecule has 0 aliphatic heterocycles. The summed E-state index contributed by atoms with van der Waals surface area (Å²) in [6.07, 6.45) is -2.60. The van der Waals surface area contributed by atoms with Gasteiger partial charge in [-0.2, -0.15) is 13.2 Å². The molecule has 0 atom stereocenters. The van der Waals surface area contributed by atoms with E-state index in [1.807, 2.05) is 0 Å². The predicted octanol–water partition coefficient (Wildman–Crippen LogP) is 0.554. The van der Waals surface area contributed by atoms with Crippen molar-refractivity contribution in [3.8, 4) is 0 Å². The van der Waals surface area contributed by atoms with Crippen LogP contribution in [0.2, 0.25) is 0 Å². The van der Waals surface area contributed by atoms with Crippen molar-refractivity contribution in [3.63, 3.8) is 0 Å². The Labute approximate surface area is 82.7 Å². The molecule has 0 aromatic carbocycles. The second-order valence-electron chi connectivity index (χ2n) is 2.64. The molecule has 0 spiro atoms. The van der Waals surface area contributed by atoms with Gasteiger partial charge in [0.2, 0.25) is 0 Å². The third kappa shape index (κ3) is 2.40. The van der Waals surface area contributed by atoms with E-state index in [9.17, 15) is 18.0 Å². The Kier molecular flexibility index (Phi) is 2.89. The number of rotatable bonds is 1. The monoisotopic (exact) mass is 220 g/mol. The van der Waals surface area contributed by atoms with E-state index in [4.69, 9.17) is 5.84 Å². The number of nitrogens with zero attached hydrogens (tertiary/aromatic N) is 3. The van der Waals surface area contributed by atoms with Gasteiger partial charge in [-0.1, -0.05) is 0 Å². The van der Waals surface area contributed by atoms with Crippen LogP contribution in [0.1, 0.15) is 5.69 Å². The Balaban J connectivity index is 3.01. The first-order valence-corrected chi connectivity index (χ1v) is 3.77. The highest BCUT2D eigenvalue weighted by molar-refractivity contribution is 5.95. The van der Waals surface area contributed by atoms with E-state index < -0.39 is 12.1 Å². The van der Waals surface area contributed by atoms with Crippen molar-refractivity contribution >= 4 is 11.7 Å². The quantitative estimate of drug-likeness (QED) is 0.426. The average molecular weight is 220 g/mol. The number of carbonyl (C=O) groups excluding carboxylic acids is 1. The summed E-state index contributed by atoms with van der Waals surface area (Å²) in [4.78, 5) is 17.9. The molecule has 15 heavy (non-hydrogen) atoms. The first-order chi connectivity index (χ1) is 6.84. The molecule has 0 aliphatic rings. The van der Waals surface area contributed by atoms with Gasteiger partial charge in [-0.15, -0.1) is 0 Å². The number of hydrazine groups is 1. The maximum atomic E-state index is 12.0. The molecule has 5 nitrogen and oxygen atoms in total. The molecular formula is C7H7F3N4O. The second kappa shape index (κ2) is 3.81. The number of alkyl halides is 3. The van der Waals surface area contributed by atoms with Gasteiger partial charge in [0.25, 0.3) is 0 Å². The maximum Gasteiger partial charge on any atom is 0.473 e. The molecular weight excluding hydrogens is 213 g/mol. The van der Waals surface area contributed by atoms with Gasteiger partial charge in [0.1, 0.15) is 0 Å². The van der Waals surface area contributed by atoms with Crippen LogP contribution in [0.25, 0.3) is 0 Å². The van der Waals surface area contributed by atoms with Crippen LogP contribution in [-0.2, 0) is 4.79 Å². The van der Waals surface area contributed by atoms with Crippen molar-refractivity contribution in [2.24, 2.45) is 5.84 Å². The number of aryl methyl sites for hydroxylation is 1. The number of nitrogens with two attached hydrogens (primary N) is 1. The lowest BCUT2D eigenvalue weighted by Gasteiger charge is -2.17. The van der Waals surface area contributed by atoms with Crippen molar-refractivity contribution in [3.05, 3.63) is 18.1 Å². The number of hydrogen-bond acceptors (Lipinski definition) is 4. The van der Waals surface area contributed by atoms with Crippen LogP contribution < -0.4 is 10.9 Å². The fourth-order valence-corrected chi connectivity index (χ4v) is 0.870. The lowest BCUT2D eigenvalue weighted by molar-refractivity contribution is -0.170. The molecule has 0 saturated carbocycles. The van der Waals surface area contributed by atoms with Crippen LogP contribution in [0, 0.1) is 6.92 Å². The first-order valence-electron chi connectivity index (χ1n) is 3.77. The predicted molar refractivity (Wildman–Crippen MR) is 44.5 cm³/mol. The minimum absolute atomic E-state index is 0.0671. The van der Waals surface area contributed by atoms with E-state index in [2.05, 4.69) is 9.97 Å². The third-order valence-electron chi connectivity index (χ3n) is 1.54. The summed E-state index contributed by atoms with van der Waals surface area (Å²) in [6, 6.07) is 0. The topological polar surface area (TPSA) is 72.1 Å². The lowest BCUT2D eigenvalue weighted by Crippen LogP contribution is -2.46. The molecule has 1 rings (SSSR count). The molecule has 1 aromatic heterocycles. The summed E-state index contributed by atoms with van der Waals surface area (Å²) in [7, 11) is 0. The molecule has 0 fully saturated rings. The Morgan fingerprint density at radius 3 is 2.40 bits per heavy atom. The number of hydrogen-bond donors (Lipinski definition) is 1. The number of carbonyl (C=O) groups is 1. The van der Waals surface area contributed by atoms with Crippen LogP contribution >= 0.6 is 0 Å². The van der Waals surface area contributed by atoms with Gasteiger partial charge in [-0.05, 0) is 6.92 Å². The van der Waals surface area contributed by atoms with E-state index >= 15 is 0 Å². The molecule has 0 radical (unpaired) electrons. The summed E-state index contributed by atoms with van der Waals surface area (Å²) in [5.41, 5.74) is 0.137. The Morgan fingerprint density at radius 1 is 1.40 bits per heavy atom. The Hall–Kier alpha value is -1.70. The van der Waals surface area contributed by atoms with Crippen LogP contribution in [0.3, 0.4) is 0 Å². The molecule has 1 heterocycles. The average Bonchev–Trinajstić information content (AvgIpc) is 2.15. The smallest absolute Gasteiger partial charge is 0.262 e. The van der Waals surface area contributed by atoms with Gasteiger partial charge in [0, 0.05) is 12.4 Å². The van der Waals surface area contributed by atoms with Crippen LogP contribution in [0.15, 0.2) is 12.4 Å².